The number of para-hydroxylation sites is 1. The second-order valence-electron chi connectivity index (χ2n) is 6.08. The van der Waals surface area contributed by atoms with Crippen molar-refractivity contribution >= 4 is 41.5 Å². The van der Waals surface area contributed by atoms with Gasteiger partial charge in [-0.3, -0.25) is 9.79 Å². The molecule has 1 aliphatic carbocycles. The van der Waals surface area contributed by atoms with Crippen molar-refractivity contribution in [3.63, 3.8) is 0 Å². The highest BCUT2D eigenvalue weighted by atomic mass is 127. The Labute approximate surface area is 154 Å². The normalized spacial score (nSPS) is 22.4. The third-order valence-corrected chi connectivity index (χ3v) is 4.29. The Morgan fingerprint density at radius 3 is 2.83 bits per heavy atom. The first-order valence-electron chi connectivity index (χ1n) is 8.12. The van der Waals surface area contributed by atoms with Crippen molar-refractivity contribution < 1.29 is 4.79 Å². The molecule has 6 heteroatoms. The monoisotopic (exact) mass is 428 g/mol. The molecule has 0 radical (unpaired) electrons. The van der Waals surface area contributed by atoms with Crippen LogP contribution < -0.4 is 15.5 Å². The van der Waals surface area contributed by atoms with Crippen molar-refractivity contribution in [3.05, 3.63) is 29.8 Å². The van der Waals surface area contributed by atoms with Gasteiger partial charge < -0.3 is 15.5 Å². The summed E-state index contributed by atoms with van der Waals surface area (Å²) in [5.74, 6) is 1.76. The molecule has 1 aromatic rings. The van der Waals surface area contributed by atoms with Crippen molar-refractivity contribution in [2.45, 2.75) is 32.7 Å². The van der Waals surface area contributed by atoms with E-state index in [1.165, 1.54) is 6.42 Å². The van der Waals surface area contributed by atoms with Gasteiger partial charge in [-0.15, -0.1) is 24.0 Å². The lowest BCUT2D eigenvalue weighted by Crippen LogP contribution is -2.40. The number of rotatable bonds is 5. The van der Waals surface area contributed by atoms with Crippen molar-refractivity contribution in [1.82, 2.24) is 10.6 Å². The second-order valence-corrected chi connectivity index (χ2v) is 6.08. The molecule has 1 aliphatic heterocycles. The van der Waals surface area contributed by atoms with Crippen LogP contribution in [0.25, 0.3) is 0 Å². The number of amides is 1. The van der Waals surface area contributed by atoms with Crippen LogP contribution in [-0.4, -0.2) is 37.5 Å². The Kier molecular flexibility index (Phi) is 6.26. The molecule has 1 saturated carbocycles. The first-order chi connectivity index (χ1) is 10.7. The molecule has 126 valence electrons. The van der Waals surface area contributed by atoms with Crippen LogP contribution in [0.3, 0.4) is 0 Å². The zero-order valence-corrected chi connectivity index (χ0v) is 16.0. The van der Waals surface area contributed by atoms with E-state index in [0.717, 1.165) is 29.7 Å². The Hall–Kier alpha value is -1.31. The van der Waals surface area contributed by atoms with Crippen LogP contribution in [0.4, 0.5) is 5.69 Å². The van der Waals surface area contributed by atoms with Crippen LogP contribution in [-0.2, 0) is 11.2 Å². The van der Waals surface area contributed by atoms with E-state index in [1.54, 1.807) is 0 Å². The maximum atomic E-state index is 12.1. The fourth-order valence-corrected chi connectivity index (χ4v) is 2.84. The van der Waals surface area contributed by atoms with Crippen molar-refractivity contribution in [1.29, 1.82) is 0 Å². The summed E-state index contributed by atoms with van der Waals surface area (Å²) >= 11 is 0. The van der Waals surface area contributed by atoms with Crippen LogP contribution in [0, 0.1) is 5.92 Å². The van der Waals surface area contributed by atoms with Gasteiger partial charge in [0, 0.05) is 24.8 Å². The summed E-state index contributed by atoms with van der Waals surface area (Å²) in [4.78, 5) is 18.6. The van der Waals surface area contributed by atoms with Crippen molar-refractivity contribution in [2.24, 2.45) is 10.9 Å². The first-order valence-corrected chi connectivity index (χ1v) is 8.12. The summed E-state index contributed by atoms with van der Waals surface area (Å²) in [7, 11) is 0. The minimum atomic E-state index is 0. The average Bonchev–Trinajstić information content (AvgIpc) is 3.09. The van der Waals surface area contributed by atoms with Gasteiger partial charge in [-0.05, 0) is 30.9 Å². The molecular formula is C17H25IN4O. The molecule has 0 spiro atoms. The van der Waals surface area contributed by atoms with Crippen LogP contribution in [0.5, 0.6) is 0 Å². The highest BCUT2D eigenvalue weighted by Gasteiger charge is 2.33. The van der Waals surface area contributed by atoms with E-state index in [2.05, 4.69) is 29.5 Å². The average molecular weight is 428 g/mol. The highest BCUT2D eigenvalue weighted by Crippen LogP contribution is 2.29. The molecule has 1 fully saturated rings. The Bertz CT molecular complexity index is 590. The lowest BCUT2D eigenvalue weighted by atomic mass is 10.2. The number of benzene rings is 1. The lowest BCUT2D eigenvalue weighted by Gasteiger charge is -2.17. The summed E-state index contributed by atoms with van der Waals surface area (Å²) in [5.41, 5.74) is 2.16. The number of carbonyl (C=O) groups is 1. The van der Waals surface area contributed by atoms with Crippen LogP contribution in [0.2, 0.25) is 0 Å². The number of hydrogen-bond donors (Lipinski definition) is 2. The predicted octanol–water partition coefficient (Wildman–Crippen LogP) is 2.16. The van der Waals surface area contributed by atoms with Gasteiger partial charge in [0.2, 0.25) is 5.91 Å². The van der Waals surface area contributed by atoms with Gasteiger partial charge in [0.25, 0.3) is 0 Å². The Morgan fingerprint density at radius 2 is 2.13 bits per heavy atom. The number of carbonyl (C=O) groups excluding carboxylic acids is 1. The van der Waals surface area contributed by atoms with E-state index in [4.69, 9.17) is 0 Å². The number of nitrogens with zero attached hydrogens (tertiary/aromatic N) is 2. The second kappa shape index (κ2) is 7.99. The first kappa shape index (κ1) is 18.0. The van der Waals surface area contributed by atoms with E-state index in [0.29, 0.717) is 25.6 Å². The van der Waals surface area contributed by atoms with E-state index in [1.807, 2.05) is 29.2 Å². The number of hydrogen-bond acceptors (Lipinski definition) is 2. The summed E-state index contributed by atoms with van der Waals surface area (Å²) in [6, 6.07) is 8.55. The number of aliphatic imine (C=N–C) groups is 1. The molecular weight excluding hydrogens is 403 g/mol. The molecule has 2 N–H and O–H groups in total. The minimum absolute atomic E-state index is 0. The molecule has 2 atom stereocenters. The molecule has 23 heavy (non-hydrogen) atoms. The van der Waals surface area contributed by atoms with Crippen molar-refractivity contribution in [3.8, 4) is 0 Å². The molecule has 0 bridgehead atoms. The maximum absolute atomic E-state index is 12.1. The van der Waals surface area contributed by atoms with E-state index in [-0.39, 0.29) is 29.9 Å². The van der Waals surface area contributed by atoms with Gasteiger partial charge >= 0.3 is 0 Å². The molecule has 1 heterocycles. The van der Waals surface area contributed by atoms with Crippen molar-refractivity contribution in [2.75, 3.05) is 24.5 Å². The third-order valence-electron chi connectivity index (χ3n) is 4.29. The number of fused-ring (bicyclic) bond motifs is 1. The zero-order chi connectivity index (χ0) is 15.5. The molecule has 3 rings (SSSR count). The van der Waals surface area contributed by atoms with Gasteiger partial charge in [-0.25, -0.2) is 0 Å². The number of guanidine groups is 1. The zero-order valence-electron chi connectivity index (χ0n) is 13.7. The third kappa shape index (κ3) is 4.37. The molecule has 0 aromatic heterocycles. The Balaban J connectivity index is 0.00000192. The predicted molar refractivity (Wildman–Crippen MR) is 105 cm³/mol. The van der Waals surface area contributed by atoms with Gasteiger partial charge in [-0.2, -0.15) is 0 Å². The maximum Gasteiger partial charge on any atom is 0.231 e. The SMILES string of the molecule is CCNC(=NCCN1C(=O)Cc2ccccc21)NC1CC1C.I. The smallest absolute Gasteiger partial charge is 0.231 e. The standard InChI is InChI=1S/C17H24N4O.HI/c1-3-18-17(20-14-10-12(14)2)19-8-9-21-15-7-5-4-6-13(15)11-16(21)22;/h4-7,12,14H,3,8-11H2,1-2H3,(H2,18,19,20);1H. The summed E-state index contributed by atoms with van der Waals surface area (Å²) < 4.78 is 0. The molecule has 5 nitrogen and oxygen atoms in total. The quantitative estimate of drug-likeness (QED) is 0.430. The Morgan fingerprint density at radius 1 is 1.39 bits per heavy atom. The number of halogens is 1. The van der Waals surface area contributed by atoms with E-state index in [9.17, 15) is 4.79 Å². The topological polar surface area (TPSA) is 56.7 Å². The highest BCUT2D eigenvalue weighted by molar-refractivity contribution is 14.0. The minimum Gasteiger partial charge on any atom is -0.357 e. The lowest BCUT2D eigenvalue weighted by molar-refractivity contribution is -0.117. The van der Waals surface area contributed by atoms with Crippen LogP contribution >= 0.6 is 24.0 Å². The van der Waals surface area contributed by atoms with Gasteiger partial charge in [0.05, 0.1) is 13.0 Å². The molecule has 1 aromatic carbocycles. The fraction of sp³-hybridized carbons (Fsp3) is 0.529. The van der Waals surface area contributed by atoms with Crippen LogP contribution in [0.1, 0.15) is 25.8 Å². The summed E-state index contributed by atoms with van der Waals surface area (Å²) in [5, 5.41) is 6.70. The number of nitrogens with one attached hydrogen (secondary N) is 2. The molecule has 1 amide bonds. The largest absolute Gasteiger partial charge is 0.357 e. The van der Waals surface area contributed by atoms with Gasteiger partial charge in [0.15, 0.2) is 5.96 Å². The van der Waals surface area contributed by atoms with E-state index < -0.39 is 0 Å². The molecule has 2 unspecified atom stereocenters. The van der Waals surface area contributed by atoms with Crippen LogP contribution in [0.15, 0.2) is 29.3 Å². The summed E-state index contributed by atoms with van der Waals surface area (Å²) in [6.07, 6.45) is 1.72. The summed E-state index contributed by atoms with van der Waals surface area (Å²) in [6.45, 7) is 6.39. The van der Waals surface area contributed by atoms with Gasteiger partial charge in [-0.1, -0.05) is 25.1 Å². The number of anilines is 1. The fourth-order valence-electron chi connectivity index (χ4n) is 2.84. The van der Waals surface area contributed by atoms with E-state index >= 15 is 0 Å². The molecule has 2 aliphatic rings. The molecule has 0 saturated heterocycles. The van der Waals surface area contributed by atoms with Gasteiger partial charge in [0.1, 0.15) is 0 Å².